The first-order valence-corrected chi connectivity index (χ1v) is 9.81. The summed E-state index contributed by atoms with van der Waals surface area (Å²) in [6.45, 7) is 8.14. The Morgan fingerprint density at radius 1 is 0.962 bits per heavy atom. The second-order valence-corrected chi connectivity index (χ2v) is 6.97. The van der Waals surface area contributed by atoms with Gasteiger partial charge in [0.2, 0.25) is 0 Å². The number of hydrogen-bond acceptors (Lipinski definition) is 3. The summed E-state index contributed by atoms with van der Waals surface area (Å²) in [6, 6.07) is 4.10. The molecule has 146 valence electrons. The van der Waals surface area contributed by atoms with Gasteiger partial charge in [0, 0.05) is 12.0 Å². The molecule has 0 bridgehead atoms. The predicted octanol–water partition coefficient (Wildman–Crippen LogP) is 6.11. The number of carbonyl (C=O) groups excluding carboxylic acids is 1. The smallest absolute Gasteiger partial charge is 0.306 e. The van der Waals surface area contributed by atoms with Crippen molar-refractivity contribution in [3.63, 3.8) is 0 Å². The molecular formula is C21H33O4P. The van der Waals surface area contributed by atoms with Crippen molar-refractivity contribution >= 4 is 20.9 Å². The van der Waals surface area contributed by atoms with Crippen molar-refractivity contribution < 1.29 is 19.3 Å². The number of aliphatic carboxylic acids is 1. The Morgan fingerprint density at radius 2 is 1.46 bits per heavy atom. The zero-order valence-corrected chi connectivity index (χ0v) is 17.6. The van der Waals surface area contributed by atoms with E-state index in [1.807, 2.05) is 20.8 Å². The second-order valence-electron chi connectivity index (χ2n) is 6.97. The molecule has 26 heavy (non-hydrogen) atoms. The number of carbonyl (C=O) groups is 2. The number of hydrogen-bond donors (Lipinski definition) is 1. The second kappa shape index (κ2) is 13.6. The van der Waals surface area contributed by atoms with Crippen LogP contribution < -0.4 is 0 Å². The van der Waals surface area contributed by atoms with Crippen LogP contribution in [0.4, 0.5) is 0 Å². The van der Waals surface area contributed by atoms with Crippen LogP contribution in [-0.2, 0) is 9.36 Å². The minimum Gasteiger partial charge on any atom is -0.481 e. The van der Waals surface area contributed by atoms with E-state index >= 15 is 0 Å². The fraction of sp³-hybridized carbons (Fsp3) is 0.619. The average Bonchev–Trinajstić information content (AvgIpc) is 2.57. The standard InChI is InChI=1S/C21H32O3.HOP/c1-5-6-7-10-18(21(23)24)11-8-9-12-19(22)20-16(3)13-15(2)14-17(20)4;1-2/h13-14,18H,5-12H2,1-4H3,(H,23,24);2H. The Balaban J connectivity index is 0.00000301. The molecule has 0 saturated carbocycles. The average molecular weight is 380 g/mol. The Morgan fingerprint density at radius 3 is 1.92 bits per heavy atom. The molecule has 1 rings (SSSR count). The summed E-state index contributed by atoms with van der Waals surface area (Å²) >= 11 is 0. The number of carboxylic acid groups (broad SMARTS) is 1. The number of rotatable bonds is 11. The van der Waals surface area contributed by atoms with E-state index in [4.69, 9.17) is 4.57 Å². The van der Waals surface area contributed by atoms with Gasteiger partial charge in [-0.05, 0) is 51.2 Å². The van der Waals surface area contributed by atoms with E-state index in [0.29, 0.717) is 12.8 Å². The quantitative estimate of drug-likeness (QED) is 0.285. The van der Waals surface area contributed by atoms with E-state index < -0.39 is 5.97 Å². The van der Waals surface area contributed by atoms with Crippen molar-refractivity contribution in [1.82, 2.24) is 0 Å². The third-order valence-corrected chi connectivity index (χ3v) is 4.67. The molecule has 0 spiro atoms. The van der Waals surface area contributed by atoms with E-state index in [1.54, 1.807) is 9.12 Å². The molecule has 4 nitrogen and oxygen atoms in total. The Bertz CT molecular complexity index is 560. The highest BCUT2D eigenvalue weighted by molar-refractivity contribution is 7.00. The number of Topliss-reactive ketones (excluding diaryl/α,β-unsaturated/α-hetero) is 1. The van der Waals surface area contributed by atoms with Gasteiger partial charge in [-0.3, -0.25) is 14.2 Å². The van der Waals surface area contributed by atoms with Crippen LogP contribution >= 0.6 is 9.12 Å². The maximum Gasteiger partial charge on any atom is 0.306 e. The fourth-order valence-corrected chi connectivity index (χ4v) is 3.45. The molecular weight excluding hydrogens is 347 g/mol. The van der Waals surface area contributed by atoms with Gasteiger partial charge in [-0.2, -0.15) is 0 Å². The number of benzene rings is 1. The summed E-state index contributed by atoms with van der Waals surface area (Å²) < 4.78 is 8.06. The summed E-state index contributed by atoms with van der Waals surface area (Å²) in [5.41, 5.74) is 4.11. The Hall–Kier alpha value is -1.54. The maximum absolute atomic E-state index is 12.5. The minimum atomic E-state index is -0.692. The molecule has 1 atom stereocenters. The van der Waals surface area contributed by atoms with Crippen LogP contribution in [-0.4, -0.2) is 16.9 Å². The molecule has 1 N–H and O–H groups in total. The largest absolute Gasteiger partial charge is 0.481 e. The first-order chi connectivity index (χ1) is 12.4. The van der Waals surface area contributed by atoms with Crippen molar-refractivity contribution in [2.24, 2.45) is 5.92 Å². The van der Waals surface area contributed by atoms with Crippen LogP contribution in [0.5, 0.6) is 0 Å². The summed E-state index contributed by atoms with van der Waals surface area (Å²) in [5.74, 6) is -0.764. The zero-order valence-electron chi connectivity index (χ0n) is 16.6. The van der Waals surface area contributed by atoms with Crippen LogP contribution in [0.3, 0.4) is 0 Å². The monoisotopic (exact) mass is 380 g/mol. The highest BCUT2D eigenvalue weighted by Gasteiger charge is 2.17. The molecule has 1 aromatic rings. The molecule has 1 aromatic carbocycles. The molecule has 0 saturated heterocycles. The Kier molecular flexibility index (Phi) is 12.8. The van der Waals surface area contributed by atoms with E-state index in [9.17, 15) is 14.7 Å². The molecule has 0 aliphatic rings. The van der Waals surface area contributed by atoms with Gasteiger partial charge in [0.15, 0.2) is 5.78 Å². The lowest BCUT2D eigenvalue weighted by Crippen LogP contribution is -2.14. The number of aryl methyl sites for hydroxylation is 3. The molecule has 0 radical (unpaired) electrons. The van der Waals surface area contributed by atoms with Crippen LogP contribution in [0.1, 0.15) is 85.3 Å². The normalized spacial score (nSPS) is 11.4. The van der Waals surface area contributed by atoms with Gasteiger partial charge in [0.1, 0.15) is 9.12 Å². The number of carboxylic acids is 1. The van der Waals surface area contributed by atoms with Crippen molar-refractivity contribution in [3.8, 4) is 0 Å². The summed E-state index contributed by atoms with van der Waals surface area (Å²) in [7, 11) is 1.72. The zero-order chi connectivity index (χ0) is 20.1. The van der Waals surface area contributed by atoms with Crippen molar-refractivity contribution in [2.75, 3.05) is 0 Å². The predicted molar refractivity (Wildman–Crippen MR) is 108 cm³/mol. The third kappa shape index (κ3) is 8.71. The Labute approximate surface area is 160 Å². The molecule has 0 aromatic heterocycles. The first-order valence-electron chi connectivity index (χ1n) is 9.41. The molecule has 1 unspecified atom stereocenters. The molecule has 5 heteroatoms. The maximum atomic E-state index is 12.5. The lowest BCUT2D eigenvalue weighted by Gasteiger charge is -2.13. The van der Waals surface area contributed by atoms with Crippen molar-refractivity contribution in [1.29, 1.82) is 0 Å². The number of unbranched alkanes of at least 4 members (excludes halogenated alkanes) is 3. The molecule has 0 amide bonds. The first kappa shape index (κ1) is 24.5. The van der Waals surface area contributed by atoms with Gasteiger partial charge in [-0.25, -0.2) is 0 Å². The van der Waals surface area contributed by atoms with Gasteiger partial charge in [-0.1, -0.05) is 50.3 Å². The molecule has 0 heterocycles. The third-order valence-electron chi connectivity index (χ3n) is 4.67. The van der Waals surface area contributed by atoms with E-state index in [1.165, 1.54) is 5.56 Å². The lowest BCUT2D eigenvalue weighted by atomic mass is 9.92. The van der Waals surface area contributed by atoms with Gasteiger partial charge in [0.25, 0.3) is 0 Å². The molecule has 0 aliphatic heterocycles. The van der Waals surface area contributed by atoms with Crippen molar-refractivity contribution in [3.05, 3.63) is 34.4 Å². The van der Waals surface area contributed by atoms with E-state index in [2.05, 4.69) is 19.1 Å². The fourth-order valence-electron chi connectivity index (χ4n) is 3.45. The van der Waals surface area contributed by atoms with Gasteiger partial charge in [0.05, 0.1) is 5.92 Å². The van der Waals surface area contributed by atoms with Crippen LogP contribution in [0.15, 0.2) is 12.1 Å². The van der Waals surface area contributed by atoms with Gasteiger partial charge in [-0.15, -0.1) is 0 Å². The van der Waals surface area contributed by atoms with Gasteiger partial charge < -0.3 is 5.11 Å². The van der Waals surface area contributed by atoms with Crippen LogP contribution in [0.2, 0.25) is 0 Å². The van der Waals surface area contributed by atoms with Gasteiger partial charge >= 0.3 is 5.97 Å². The summed E-state index contributed by atoms with van der Waals surface area (Å²) in [4.78, 5) is 23.8. The highest BCUT2D eigenvalue weighted by Crippen LogP contribution is 2.21. The highest BCUT2D eigenvalue weighted by atomic mass is 31.0. The summed E-state index contributed by atoms with van der Waals surface area (Å²) in [6.07, 6.45) is 6.69. The van der Waals surface area contributed by atoms with Crippen LogP contribution in [0, 0.1) is 26.7 Å². The van der Waals surface area contributed by atoms with E-state index in [0.717, 1.165) is 55.2 Å². The summed E-state index contributed by atoms with van der Waals surface area (Å²) in [5, 5.41) is 9.29. The van der Waals surface area contributed by atoms with Crippen LogP contribution in [0.25, 0.3) is 0 Å². The molecule has 0 fully saturated rings. The topological polar surface area (TPSA) is 71.4 Å². The minimum absolute atomic E-state index is 0.183. The number of ketones is 1. The van der Waals surface area contributed by atoms with Crippen molar-refractivity contribution in [2.45, 2.75) is 79.1 Å². The lowest BCUT2D eigenvalue weighted by molar-refractivity contribution is -0.142. The van der Waals surface area contributed by atoms with E-state index in [-0.39, 0.29) is 11.7 Å². The molecule has 0 aliphatic carbocycles. The SMILES string of the molecule is CCCCCC(CCCCC(=O)c1c(C)cc(C)cc1C)C(=O)O.O=P.